The van der Waals surface area contributed by atoms with Crippen LogP contribution in [0.2, 0.25) is 0 Å². The van der Waals surface area contributed by atoms with E-state index in [1.807, 2.05) is 55.5 Å². The van der Waals surface area contributed by atoms with Crippen molar-refractivity contribution in [2.24, 2.45) is 0 Å². The van der Waals surface area contributed by atoms with Gasteiger partial charge in [0.1, 0.15) is 12.4 Å². The minimum Gasteiger partial charge on any atom is -0.489 e. The van der Waals surface area contributed by atoms with Crippen LogP contribution in [0.4, 0.5) is 0 Å². The number of carbonyl (C=O) groups is 2. The zero-order valence-electron chi connectivity index (χ0n) is 13.6. The van der Waals surface area contributed by atoms with Crippen molar-refractivity contribution in [1.29, 1.82) is 0 Å². The number of hydrogen-bond acceptors (Lipinski definition) is 3. The Balaban J connectivity index is 1.93. The van der Waals surface area contributed by atoms with Gasteiger partial charge in [-0.1, -0.05) is 42.5 Å². The number of amides is 1. The standard InChI is InChI=1S/C19H21NO4/c1-14-6-2-3-8-16(14)13-24-17-9-5-4-7-15(17)12-20-18(21)10-11-19(22)23/h2-9H,10-13H2,1H3,(H,20,21)(H,22,23). The second-order valence-corrected chi connectivity index (χ2v) is 5.49. The number of benzene rings is 2. The van der Waals surface area contributed by atoms with Crippen LogP contribution in [0.1, 0.15) is 29.5 Å². The maximum Gasteiger partial charge on any atom is 0.303 e. The number of carbonyl (C=O) groups excluding carboxylic acids is 1. The molecule has 0 atom stereocenters. The molecule has 0 saturated carbocycles. The number of carboxylic acids is 1. The van der Waals surface area contributed by atoms with E-state index in [-0.39, 0.29) is 18.7 Å². The lowest BCUT2D eigenvalue weighted by molar-refractivity contribution is -0.138. The highest BCUT2D eigenvalue weighted by Crippen LogP contribution is 2.20. The number of aliphatic carboxylic acids is 1. The lowest BCUT2D eigenvalue weighted by Crippen LogP contribution is -2.23. The van der Waals surface area contributed by atoms with Gasteiger partial charge >= 0.3 is 5.97 Å². The van der Waals surface area contributed by atoms with Gasteiger partial charge in [0.2, 0.25) is 5.91 Å². The number of aryl methyl sites for hydroxylation is 1. The molecule has 0 bridgehead atoms. The molecule has 0 aliphatic heterocycles. The quantitative estimate of drug-likeness (QED) is 0.781. The Labute approximate surface area is 141 Å². The number of hydrogen-bond donors (Lipinski definition) is 2. The molecule has 2 aromatic carbocycles. The van der Waals surface area contributed by atoms with Gasteiger partial charge in [0, 0.05) is 18.5 Å². The zero-order chi connectivity index (χ0) is 17.4. The summed E-state index contributed by atoms with van der Waals surface area (Å²) in [5.41, 5.74) is 3.13. The van der Waals surface area contributed by atoms with Crippen LogP contribution in [0.3, 0.4) is 0 Å². The van der Waals surface area contributed by atoms with Crippen LogP contribution < -0.4 is 10.1 Å². The van der Waals surface area contributed by atoms with Gasteiger partial charge in [-0.2, -0.15) is 0 Å². The molecule has 0 saturated heterocycles. The third-order valence-electron chi connectivity index (χ3n) is 3.66. The van der Waals surface area contributed by atoms with Crippen molar-refractivity contribution in [1.82, 2.24) is 5.32 Å². The third-order valence-corrected chi connectivity index (χ3v) is 3.66. The molecule has 0 unspecified atom stereocenters. The van der Waals surface area contributed by atoms with Crippen LogP contribution in [-0.2, 0) is 22.7 Å². The molecule has 0 fully saturated rings. The van der Waals surface area contributed by atoms with Gasteiger partial charge in [-0.3, -0.25) is 9.59 Å². The van der Waals surface area contributed by atoms with Crippen LogP contribution >= 0.6 is 0 Å². The molecular weight excluding hydrogens is 306 g/mol. The normalized spacial score (nSPS) is 10.2. The molecule has 2 aromatic rings. The first-order chi connectivity index (χ1) is 11.6. The summed E-state index contributed by atoms with van der Waals surface area (Å²) >= 11 is 0. The monoisotopic (exact) mass is 327 g/mol. The highest BCUT2D eigenvalue weighted by Gasteiger charge is 2.08. The smallest absolute Gasteiger partial charge is 0.303 e. The molecule has 0 heterocycles. The van der Waals surface area contributed by atoms with Crippen molar-refractivity contribution in [3.8, 4) is 5.75 Å². The highest BCUT2D eigenvalue weighted by atomic mass is 16.5. The number of nitrogens with one attached hydrogen (secondary N) is 1. The van der Waals surface area contributed by atoms with E-state index in [1.165, 1.54) is 0 Å². The molecule has 5 nitrogen and oxygen atoms in total. The summed E-state index contributed by atoms with van der Waals surface area (Å²) in [5.74, 6) is -0.558. The van der Waals surface area contributed by atoms with E-state index >= 15 is 0 Å². The fourth-order valence-electron chi connectivity index (χ4n) is 2.22. The molecule has 0 radical (unpaired) electrons. The third kappa shape index (κ3) is 5.43. The Morgan fingerprint density at radius 3 is 2.38 bits per heavy atom. The van der Waals surface area contributed by atoms with E-state index in [4.69, 9.17) is 9.84 Å². The predicted molar refractivity (Wildman–Crippen MR) is 90.7 cm³/mol. The number of carboxylic acid groups (broad SMARTS) is 1. The fourth-order valence-corrected chi connectivity index (χ4v) is 2.22. The Morgan fingerprint density at radius 1 is 1.00 bits per heavy atom. The molecule has 0 aromatic heterocycles. The van der Waals surface area contributed by atoms with Gasteiger partial charge < -0.3 is 15.2 Å². The summed E-state index contributed by atoms with van der Waals surface area (Å²) in [6, 6.07) is 15.5. The summed E-state index contributed by atoms with van der Waals surface area (Å²) in [6.45, 7) is 2.80. The van der Waals surface area contributed by atoms with E-state index < -0.39 is 5.97 Å². The van der Waals surface area contributed by atoms with Gasteiger partial charge in [0.15, 0.2) is 0 Å². The van der Waals surface area contributed by atoms with E-state index in [2.05, 4.69) is 5.32 Å². The SMILES string of the molecule is Cc1ccccc1COc1ccccc1CNC(=O)CCC(=O)O. The molecule has 126 valence electrons. The minimum atomic E-state index is -0.980. The van der Waals surface area contributed by atoms with Gasteiger partial charge in [0.25, 0.3) is 0 Å². The molecule has 1 amide bonds. The highest BCUT2D eigenvalue weighted by molar-refractivity contribution is 5.80. The maximum absolute atomic E-state index is 11.6. The average Bonchev–Trinajstić information content (AvgIpc) is 2.58. The van der Waals surface area contributed by atoms with E-state index in [0.29, 0.717) is 18.9 Å². The summed E-state index contributed by atoms with van der Waals surface area (Å²) < 4.78 is 5.89. The second kappa shape index (κ2) is 8.72. The molecule has 2 N–H and O–H groups in total. The summed E-state index contributed by atoms with van der Waals surface area (Å²) in [6.07, 6.45) is -0.196. The number of para-hydroxylation sites is 1. The van der Waals surface area contributed by atoms with Crippen molar-refractivity contribution in [2.75, 3.05) is 0 Å². The summed E-state index contributed by atoms with van der Waals surface area (Å²) in [5, 5.41) is 11.3. The van der Waals surface area contributed by atoms with Gasteiger partial charge in [-0.05, 0) is 24.1 Å². The molecule has 0 aliphatic carbocycles. The van der Waals surface area contributed by atoms with E-state index in [1.54, 1.807) is 0 Å². The van der Waals surface area contributed by atoms with Crippen molar-refractivity contribution in [2.45, 2.75) is 32.9 Å². The van der Waals surface area contributed by atoms with E-state index in [9.17, 15) is 9.59 Å². The molecule has 0 spiro atoms. The topological polar surface area (TPSA) is 75.6 Å². The predicted octanol–water partition coefficient (Wildman–Crippen LogP) is 3.06. The van der Waals surface area contributed by atoms with Crippen LogP contribution in [0.25, 0.3) is 0 Å². The lowest BCUT2D eigenvalue weighted by Gasteiger charge is -2.13. The molecule has 0 aliphatic rings. The van der Waals surface area contributed by atoms with Crippen LogP contribution in [-0.4, -0.2) is 17.0 Å². The van der Waals surface area contributed by atoms with Crippen LogP contribution in [0, 0.1) is 6.92 Å². The number of rotatable bonds is 8. The van der Waals surface area contributed by atoms with Crippen LogP contribution in [0.15, 0.2) is 48.5 Å². The number of ether oxygens (including phenoxy) is 1. The first kappa shape index (κ1) is 17.5. The Bertz CT molecular complexity index is 712. The van der Waals surface area contributed by atoms with Crippen molar-refractivity contribution < 1.29 is 19.4 Å². The molecule has 5 heteroatoms. The summed E-state index contributed by atoms with van der Waals surface area (Å²) in [4.78, 5) is 22.1. The van der Waals surface area contributed by atoms with E-state index in [0.717, 1.165) is 16.7 Å². The average molecular weight is 327 g/mol. The van der Waals surface area contributed by atoms with Crippen molar-refractivity contribution in [3.63, 3.8) is 0 Å². The second-order valence-electron chi connectivity index (χ2n) is 5.49. The first-order valence-electron chi connectivity index (χ1n) is 7.80. The first-order valence-corrected chi connectivity index (χ1v) is 7.80. The van der Waals surface area contributed by atoms with Gasteiger partial charge in [-0.25, -0.2) is 0 Å². The summed E-state index contributed by atoms with van der Waals surface area (Å²) in [7, 11) is 0. The van der Waals surface area contributed by atoms with Gasteiger partial charge in [0.05, 0.1) is 6.42 Å². The Kier molecular flexibility index (Phi) is 6.37. The Morgan fingerprint density at radius 2 is 1.67 bits per heavy atom. The molecular formula is C19H21NO4. The largest absolute Gasteiger partial charge is 0.489 e. The Hall–Kier alpha value is -2.82. The zero-order valence-corrected chi connectivity index (χ0v) is 13.6. The van der Waals surface area contributed by atoms with Crippen molar-refractivity contribution in [3.05, 3.63) is 65.2 Å². The van der Waals surface area contributed by atoms with Gasteiger partial charge in [-0.15, -0.1) is 0 Å². The molecule has 24 heavy (non-hydrogen) atoms. The molecule has 2 rings (SSSR count). The lowest BCUT2D eigenvalue weighted by atomic mass is 10.1. The fraction of sp³-hybridized carbons (Fsp3) is 0.263. The van der Waals surface area contributed by atoms with Crippen LogP contribution in [0.5, 0.6) is 5.75 Å². The van der Waals surface area contributed by atoms with Crippen molar-refractivity contribution >= 4 is 11.9 Å². The minimum absolute atomic E-state index is 0.0262. The maximum atomic E-state index is 11.6.